The summed E-state index contributed by atoms with van der Waals surface area (Å²) in [6.07, 6.45) is -0.616. The summed E-state index contributed by atoms with van der Waals surface area (Å²) in [6.45, 7) is 4.01. The minimum absolute atomic E-state index is 0.00494. The van der Waals surface area contributed by atoms with Gasteiger partial charge in [0.15, 0.2) is 0 Å². The summed E-state index contributed by atoms with van der Waals surface area (Å²) in [4.78, 5) is 12.6. The van der Waals surface area contributed by atoms with Crippen LogP contribution in [0.1, 0.15) is 22.5 Å². The molecule has 0 saturated heterocycles. The van der Waals surface area contributed by atoms with E-state index in [2.05, 4.69) is 5.10 Å². The van der Waals surface area contributed by atoms with E-state index >= 15 is 0 Å². The van der Waals surface area contributed by atoms with Gasteiger partial charge in [-0.25, -0.2) is 9.69 Å². The maximum absolute atomic E-state index is 14.5. The monoisotopic (exact) mass is 335 g/mol. The first-order valence-corrected chi connectivity index (χ1v) is 7.81. The molecule has 0 unspecified atom stereocenters. The Morgan fingerprint density at radius 2 is 2.08 bits per heavy atom. The van der Waals surface area contributed by atoms with Crippen LogP contribution in [0.4, 0.5) is 13.6 Å². The normalized spacial score (nSPS) is 15.9. The van der Waals surface area contributed by atoms with Crippen LogP contribution in [0.3, 0.4) is 0 Å². The van der Waals surface area contributed by atoms with Crippen LogP contribution in [0.5, 0.6) is 0 Å². The summed E-state index contributed by atoms with van der Waals surface area (Å²) in [5.41, 5.74) is 2.22. The molecule has 0 radical (unpaired) electrons. The Morgan fingerprint density at radius 1 is 1.33 bits per heavy atom. The van der Waals surface area contributed by atoms with Crippen molar-refractivity contribution in [3.63, 3.8) is 0 Å². The van der Waals surface area contributed by atoms with Crippen molar-refractivity contribution in [2.24, 2.45) is 0 Å². The van der Waals surface area contributed by atoms with E-state index in [-0.39, 0.29) is 18.7 Å². The molecule has 0 bridgehead atoms. The number of amides is 1. The number of aryl methyl sites for hydroxylation is 2. The number of carbonyl (C=O) groups excluding carboxylic acids is 1. The van der Waals surface area contributed by atoms with Crippen LogP contribution in [-0.2, 0) is 23.7 Å². The van der Waals surface area contributed by atoms with Gasteiger partial charge in [0.1, 0.15) is 6.61 Å². The van der Waals surface area contributed by atoms with Crippen LogP contribution >= 0.6 is 0 Å². The molecule has 2 heterocycles. The second kappa shape index (κ2) is 6.22. The lowest BCUT2D eigenvalue weighted by Crippen LogP contribution is -2.48. The van der Waals surface area contributed by atoms with Gasteiger partial charge in [0, 0.05) is 17.8 Å². The number of aromatic nitrogens is 2. The van der Waals surface area contributed by atoms with Gasteiger partial charge in [-0.05, 0) is 31.9 Å². The molecule has 24 heavy (non-hydrogen) atoms. The SMILES string of the molecule is Cc1cc(C)n(CCOC(=O)N2CCc3ccccc3C2(F)F)n1. The smallest absolute Gasteiger partial charge is 0.414 e. The number of carbonyl (C=O) groups is 1. The fraction of sp³-hybridized carbons (Fsp3) is 0.412. The molecule has 2 aromatic rings. The quantitative estimate of drug-likeness (QED) is 0.809. The molecule has 0 saturated carbocycles. The van der Waals surface area contributed by atoms with E-state index in [1.165, 1.54) is 6.07 Å². The number of hydrogen-bond acceptors (Lipinski definition) is 3. The van der Waals surface area contributed by atoms with Crippen molar-refractivity contribution in [3.8, 4) is 0 Å². The predicted octanol–water partition coefficient (Wildman–Crippen LogP) is 3.24. The van der Waals surface area contributed by atoms with E-state index in [0.29, 0.717) is 23.4 Å². The largest absolute Gasteiger partial charge is 0.447 e. The molecular formula is C17H19F2N3O2. The molecular weight excluding hydrogens is 316 g/mol. The predicted molar refractivity (Wildman–Crippen MR) is 83.8 cm³/mol. The Hall–Kier alpha value is -2.44. The molecule has 1 aromatic heterocycles. The maximum atomic E-state index is 14.5. The third kappa shape index (κ3) is 2.98. The van der Waals surface area contributed by atoms with Gasteiger partial charge >= 0.3 is 12.1 Å². The van der Waals surface area contributed by atoms with Crippen LogP contribution in [0.25, 0.3) is 0 Å². The molecule has 1 aromatic carbocycles. The summed E-state index contributed by atoms with van der Waals surface area (Å²) < 4.78 is 35.8. The highest BCUT2D eigenvalue weighted by Crippen LogP contribution is 2.38. The Labute approximate surface area is 138 Å². The van der Waals surface area contributed by atoms with Gasteiger partial charge in [0.25, 0.3) is 0 Å². The molecule has 128 valence electrons. The molecule has 5 nitrogen and oxygen atoms in total. The number of alkyl halides is 2. The Balaban J connectivity index is 1.64. The summed E-state index contributed by atoms with van der Waals surface area (Å²) >= 11 is 0. The van der Waals surface area contributed by atoms with Crippen LogP contribution in [-0.4, -0.2) is 33.9 Å². The summed E-state index contributed by atoms with van der Waals surface area (Å²) in [7, 11) is 0. The maximum Gasteiger partial charge on any atom is 0.414 e. The van der Waals surface area contributed by atoms with E-state index in [1.54, 1.807) is 22.9 Å². The highest BCUT2D eigenvalue weighted by molar-refractivity contribution is 5.69. The van der Waals surface area contributed by atoms with E-state index in [0.717, 1.165) is 11.4 Å². The zero-order valence-corrected chi connectivity index (χ0v) is 13.6. The van der Waals surface area contributed by atoms with Crippen LogP contribution < -0.4 is 0 Å². The summed E-state index contributed by atoms with van der Waals surface area (Å²) in [6, 6.07) is 4.82. The number of halogens is 2. The minimum Gasteiger partial charge on any atom is -0.447 e. The van der Waals surface area contributed by atoms with Crippen LogP contribution in [0, 0.1) is 13.8 Å². The summed E-state index contributed by atoms with van der Waals surface area (Å²) in [5, 5.41) is 4.24. The molecule has 1 aliphatic rings. The number of benzene rings is 1. The lowest BCUT2D eigenvalue weighted by atomic mass is 9.98. The Kier molecular flexibility index (Phi) is 4.26. The van der Waals surface area contributed by atoms with E-state index in [1.807, 2.05) is 19.9 Å². The molecule has 7 heteroatoms. The first kappa shape index (κ1) is 16.4. The van der Waals surface area contributed by atoms with Crippen molar-refractivity contribution in [3.05, 3.63) is 52.8 Å². The summed E-state index contributed by atoms with van der Waals surface area (Å²) in [5.74, 6) is 0. The van der Waals surface area contributed by atoms with Gasteiger partial charge in [0.2, 0.25) is 0 Å². The molecule has 1 aliphatic heterocycles. The molecule has 0 aliphatic carbocycles. The van der Waals surface area contributed by atoms with Crippen LogP contribution in [0.2, 0.25) is 0 Å². The van der Waals surface area contributed by atoms with E-state index in [9.17, 15) is 13.6 Å². The average molecular weight is 335 g/mol. The number of rotatable bonds is 3. The van der Waals surface area contributed by atoms with Gasteiger partial charge in [0.05, 0.1) is 12.2 Å². The van der Waals surface area contributed by atoms with Crippen molar-refractivity contribution in [2.45, 2.75) is 32.9 Å². The topological polar surface area (TPSA) is 47.4 Å². The molecule has 1 amide bonds. The molecule has 0 spiro atoms. The average Bonchev–Trinajstić information content (AvgIpc) is 2.85. The second-order valence-corrected chi connectivity index (χ2v) is 5.86. The highest BCUT2D eigenvalue weighted by atomic mass is 19.3. The third-order valence-corrected chi connectivity index (χ3v) is 4.14. The number of hydrogen-bond donors (Lipinski definition) is 0. The molecule has 0 N–H and O–H groups in total. The Morgan fingerprint density at radius 3 is 2.79 bits per heavy atom. The fourth-order valence-corrected chi connectivity index (χ4v) is 2.95. The number of nitrogens with zero attached hydrogens (tertiary/aromatic N) is 3. The number of fused-ring (bicyclic) bond motifs is 1. The van der Waals surface area contributed by atoms with Gasteiger partial charge in [-0.3, -0.25) is 4.68 Å². The van der Waals surface area contributed by atoms with Crippen LogP contribution in [0.15, 0.2) is 30.3 Å². The Bertz CT molecular complexity index is 758. The lowest BCUT2D eigenvalue weighted by Gasteiger charge is -2.35. The van der Waals surface area contributed by atoms with Gasteiger partial charge in [-0.1, -0.05) is 24.3 Å². The van der Waals surface area contributed by atoms with Crippen molar-refractivity contribution in [1.82, 2.24) is 14.7 Å². The first-order chi connectivity index (χ1) is 11.4. The van der Waals surface area contributed by atoms with Crippen molar-refractivity contribution in [2.75, 3.05) is 13.2 Å². The van der Waals surface area contributed by atoms with E-state index in [4.69, 9.17) is 4.74 Å². The zero-order valence-electron chi connectivity index (χ0n) is 13.6. The van der Waals surface area contributed by atoms with Crippen molar-refractivity contribution >= 4 is 6.09 Å². The molecule has 0 fully saturated rings. The van der Waals surface area contributed by atoms with Crippen molar-refractivity contribution < 1.29 is 18.3 Å². The minimum atomic E-state index is -3.36. The van der Waals surface area contributed by atoms with Gasteiger partial charge < -0.3 is 4.74 Å². The zero-order chi connectivity index (χ0) is 17.3. The third-order valence-electron chi connectivity index (χ3n) is 4.14. The highest BCUT2D eigenvalue weighted by Gasteiger charge is 2.47. The first-order valence-electron chi connectivity index (χ1n) is 7.81. The lowest BCUT2D eigenvalue weighted by molar-refractivity contribution is -0.146. The van der Waals surface area contributed by atoms with E-state index < -0.39 is 12.1 Å². The van der Waals surface area contributed by atoms with Gasteiger partial charge in [-0.2, -0.15) is 13.9 Å². The van der Waals surface area contributed by atoms with Gasteiger partial charge in [-0.15, -0.1) is 0 Å². The second-order valence-electron chi connectivity index (χ2n) is 5.86. The molecule has 3 rings (SSSR count). The fourth-order valence-electron chi connectivity index (χ4n) is 2.95. The standard InChI is InChI=1S/C17H19F2N3O2/c1-12-11-13(2)22(20-12)9-10-24-16(23)21-8-7-14-5-3-4-6-15(14)17(21,18)19/h3-6,11H,7-10H2,1-2H3. The molecule has 0 atom stereocenters. The van der Waals surface area contributed by atoms with Crippen molar-refractivity contribution in [1.29, 1.82) is 0 Å². The number of ether oxygens (including phenoxy) is 1.